The predicted molar refractivity (Wildman–Crippen MR) is 69.3 cm³/mol. The van der Waals surface area contributed by atoms with Crippen LogP contribution in [0.4, 0.5) is 0 Å². The van der Waals surface area contributed by atoms with Crippen LogP contribution in [0.2, 0.25) is 0 Å². The first-order chi connectivity index (χ1) is 7.74. The van der Waals surface area contributed by atoms with E-state index in [-0.39, 0.29) is 0 Å². The highest BCUT2D eigenvalue weighted by molar-refractivity contribution is 5.13. The van der Waals surface area contributed by atoms with Crippen LogP contribution in [0.3, 0.4) is 0 Å². The van der Waals surface area contributed by atoms with Crippen LogP contribution in [0.5, 0.6) is 0 Å². The van der Waals surface area contributed by atoms with Gasteiger partial charge in [-0.2, -0.15) is 0 Å². The maximum Gasteiger partial charge on any atom is 0.0335 e. The lowest BCUT2D eigenvalue weighted by atomic mass is 9.98. The summed E-state index contributed by atoms with van der Waals surface area (Å²) in [5, 5.41) is 3.60. The van der Waals surface area contributed by atoms with E-state index in [1.807, 2.05) is 18.5 Å². The Morgan fingerprint density at radius 2 is 2.12 bits per heavy atom. The molecule has 0 amide bonds. The number of pyridine rings is 1. The Bertz CT molecular complexity index is 269. The highest BCUT2D eigenvalue weighted by Gasteiger charge is 2.10. The summed E-state index contributed by atoms with van der Waals surface area (Å²) in [6, 6.07) is 4.66. The van der Waals surface area contributed by atoms with E-state index in [1.54, 1.807) is 0 Å². The Morgan fingerprint density at radius 3 is 2.69 bits per heavy atom. The zero-order chi connectivity index (χ0) is 11.8. The molecule has 1 N–H and O–H groups in total. The van der Waals surface area contributed by atoms with E-state index in [0.717, 1.165) is 12.5 Å². The molecule has 1 atom stereocenters. The lowest BCUT2D eigenvalue weighted by Gasteiger charge is -2.19. The van der Waals surface area contributed by atoms with E-state index in [9.17, 15) is 0 Å². The molecule has 1 aromatic rings. The molecule has 2 nitrogen and oxygen atoms in total. The number of nitrogens with one attached hydrogen (secondary N) is 1. The first-order valence-corrected chi connectivity index (χ1v) is 6.37. The molecular weight excluding hydrogens is 196 g/mol. The van der Waals surface area contributed by atoms with Crippen molar-refractivity contribution in [2.75, 3.05) is 6.54 Å². The molecular formula is C14H24N2. The van der Waals surface area contributed by atoms with Gasteiger partial charge in [0, 0.05) is 18.4 Å². The SMILES string of the molecule is CCCNC(CCC(C)C)c1cccnc1. The average Bonchev–Trinajstić information content (AvgIpc) is 2.30. The zero-order valence-electron chi connectivity index (χ0n) is 10.7. The highest BCUT2D eigenvalue weighted by Crippen LogP contribution is 2.20. The van der Waals surface area contributed by atoms with E-state index < -0.39 is 0 Å². The molecule has 0 bridgehead atoms. The number of nitrogens with zero attached hydrogens (tertiary/aromatic N) is 1. The third-order valence-electron chi connectivity index (χ3n) is 2.76. The van der Waals surface area contributed by atoms with Crippen LogP contribution in [0, 0.1) is 5.92 Å². The average molecular weight is 220 g/mol. The Hall–Kier alpha value is -0.890. The second-order valence-electron chi connectivity index (χ2n) is 4.76. The molecule has 0 aliphatic heterocycles. The van der Waals surface area contributed by atoms with Crippen LogP contribution in [0.15, 0.2) is 24.5 Å². The van der Waals surface area contributed by atoms with Crippen molar-refractivity contribution in [2.24, 2.45) is 5.92 Å². The van der Waals surface area contributed by atoms with Crippen LogP contribution in [-0.4, -0.2) is 11.5 Å². The molecule has 1 heterocycles. The molecule has 0 aliphatic rings. The van der Waals surface area contributed by atoms with Gasteiger partial charge in [-0.3, -0.25) is 4.98 Å². The summed E-state index contributed by atoms with van der Waals surface area (Å²) < 4.78 is 0. The summed E-state index contributed by atoms with van der Waals surface area (Å²) >= 11 is 0. The van der Waals surface area contributed by atoms with Gasteiger partial charge in [0.15, 0.2) is 0 Å². The Labute approximate surface area is 99.5 Å². The molecule has 2 heteroatoms. The minimum Gasteiger partial charge on any atom is -0.310 e. The van der Waals surface area contributed by atoms with E-state index in [0.29, 0.717) is 6.04 Å². The zero-order valence-corrected chi connectivity index (χ0v) is 10.7. The molecule has 0 spiro atoms. The minimum atomic E-state index is 0.469. The largest absolute Gasteiger partial charge is 0.310 e. The fraction of sp³-hybridized carbons (Fsp3) is 0.643. The smallest absolute Gasteiger partial charge is 0.0335 e. The van der Waals surface area contributed by atoms with Crippen molar-refractivity contribution in [1.29, 1.82) is 0 Å². The number of hydrogen-bond acceptors (Lipinski definition) is 2. The van der Waals surface area contributed by atoms with Crippen LogP contribution in [0.25, 0.3) is 0 Å². The predicted octanol–water partition coefficient (Wildman–Crippen LogP) is 3.56. The van der Waals surface area contributed by atoms with Crippen molar-refractivity contribution in [2.45, 2.75) is 46.1 Å². The van der Waals surface area contributed by atoms with Gasteiger partial charge in [0.05, 0.1) is 0 Å². The molecule has 1 aromatic heterocycles. The lowest BCUT2D eigenvalue weighted by molar-refractivity contribution is 0.440. The van der Waals surface area contributed by atoms with E-state index in [2.05, 4.69) is 37.1 Å². The van der Waals surface area contributed by atoms with E-state index in [1.165, 1.54) is 24.8 Å². The van der Waals surface area contributed by atoms with Crippen molar-refractivity contribution in [3.8, 4) is 0 Å². The van der Waals surface area contributed by atoms with Crippen molar-refractivity contribution < 1.29 is 0 Å². The van der Waals surface area contributed by atoms with Gasteiger partial charge in [0.25, 0.3) is 0 Å². The maximum atomic E-state index is 4.20. The summed E-state index contributed by atoms with van der Waals surface area (Å²) in [4.78, 5) is 4.20. The molecule has 0 fully saturated rings. The van der Waals surface area contributed by atoms with Crippen molar-refractivity contribution in [3.63, 3.8) is 0 Å². The van der Waals surface area contributed by atoms with Crippen molar-refractivity contribution >= 4 is 0 Å². The molecule has 0 aliphatic carbocycles. The van der Waals surface area contributed by atoms with Gasteiger partial charge in [-0.1, -0.05) is 26.8 Å². The summed E-state index contributed by atoms with van der Waals surface area (Å²) in [6.07, 6.45) is 7.45. The highest BCUT2D eigenvalue weighted by atomic mass is 14.9. The van der Waals surface area contributed by atoms with Crippen LogP contribution < -0.4 is 5.32 Å². The van der Waals surface area contributed by atoms with Gasteiger partial charge in [0.1, 0.15) is 0 Å². The summed E-state index contributed by atoms with van der Waals surface area (Å²) in [7, 11) is 0. The maximum absolute atomic E-state index is 4.20. The minimum absolute atomic E-state index is 0.469. The molecule has 0 radical (unpaired) electrons. The fourth-order valence-electron chi connectivity index (χ4n) is 1.79. The molecule has 0 saturated carbocycles. The standard InChI is InChI=1S/C14H24N2/c1-4-9-16-14(8-7-12(2)3)13-6-5-10-15-11-13/h5-6,10-12,14,16H,4,7-9H2,1-3H3. The third kappa shape index (κ3) is 4.75. The molecule has 16 heavy (non-hydrogen) atoms. The molecule has 90 valence electrons. The molecule has 1 rings (SSSR count). The number of rotatable bonds is 7. The van der Waals surface area contributed by atoms with Gasteiger partial charge >= 0.3 is 0 Å². The van der Waals surface area contributed by atoms with Crippen LogP contribution in [0.1, 0.15) is 51.6 Å². The Balaban J connectivity index is 2.56. The summed E-state index contributed by atoms with van der Waals surface area (Å²) in [5.41, 5.74) is 1.32. The van der Waals surface area contributed by atoms with Crippen molar-refractivity contribution in [1.82, 2.24) is 10.3 Å². The molecule has 0 saturated heterocycles. The Morgan fingerprint density at radius 1 is 1.31 bits per heavy atom. The normalized spacial score (nSPS) is 13.0. The first kappa shape index (κ1) is 13.2. The van der Waals surface area contributed by atoms with Gasteiger partial charge in [0.2, 0.25) is 0 Å². The van der Waals surface area contributed by atoms with Crippen LogP contribution in [-0.2, 0) is 0 Å². The Kier molecular flexibility index (Phi) is 6.09. The van der Waals surface area contributed by atoms with E-state index >= 15 is 0 Å². The van der Waals surface area contributed by atoms with Gasteiger partial charge in [-0.25, -0.2) is 0 Å². The lowest BCUT2D eigenvalue weighted by Crippen LogP contribution is -2.22. The summed E-state index contributed by atoms with van der Waals surface area (Å²) in [5.74, 6) is 0.766. The first-order valence-electron chi connectivity index (χ1n) is 6.37. The van der Waals surface area contributed by atoms with Crippen LogP contribution >= 0.6 is 0 Å². The summed E-state index contributed by atoms with van der Waals surface area (Å²) in [6.45, 7) is 7.84. The van der Waals surface area contributed by atoms with Gasteiger partial charge in [-0.15, -0.1) is 0 Å². The van der Waals surface area contributed by atoms with Crippen molar-refractivity contribution in [3.05, 3.63) is 30.1 Å². The second-order valence-corrected chi connectivity index (χ2v) is 4.76. The van der Waals surface area contributed by atoms with Gasteiger partial charge in [-0.05, 0) is 43.4 Å². The number of hydrogen-bond donors (Lipinski definition) is 1. The number of aromatic nitrogens is 1. The molecule has 0 aromatic carbocycles. The second kappa shape index (κ2) is 7.39. The third-order valence-corrected chi connectivity index (χ3v) is 2.76. The molecule has 1 unspecified atom stereocenters. The topological polar surface area (TPSA) is 24.9 Å². The quantitative estimate of drug-likeness (QED) is 0.760. The fourth-order valence-corrected chi connectivity index (χ4v) is 1.79. The monoisotopic (exact) mass is 220 g/mol. The van der Waals surface area contributed by atoms with Gasteiger partial charge < -0.3 is 5.32 Å². The van der Waals surface area contributed by atoms with E-state index in [4.69, 9.17) is 0 Å².